The number of hydrogen-bond acceptors (Lipinski definition) is 4. The minimum atomic E-state index is -1.28. The molecule has 6 nitrogen and oxygen atoms in total. The summed E-state index contributed by atoms with van der Waals surface area (Å²) in [6.45, 7) is 3.78. The lowest BCUT2D eigenvalue weighted by molar-refractivity contribution is -0.675. The van der Waals surface area contributed by atoms with Crippen molar-refractivity contribution in [3.63, 3.8) is 0 Å². The SMILES string of the molecule is C=CCOC(=O)[N+]1(C(=O)O)C=NCC1. The fourth-order valence-electron chi connectivity index (χ4n) is 1.08. The summed E-state index contributed by atoms with van der Waals surface area (Å²) >= 11 is 0. The topological polar surface area (TPSA) is 76.0 Å². The molecule has 0 bridgehead atoms. The summed E-state index contributed by atoms with van der Waals surface area (Å²) in [6, 6.07) is 0. The first kappa shape index (κ1) is 10.4. The third-order valence-corrected chi connectivity index (χ3v) is 1.85. The zero-order valence-corrected chi connectivity index (χ0v) is 7.55. The van der Waals surface area contributed by atoms with Crippen molar-refractivity contribution in [1.29, 1.82) is 0 Å². The second-order valence-corrected chi connectivity index (χ2v) is 2.76. The number of imide groups is 1. The van der Waals surface area contributed by atoms with Crippen molar-refractivity contribution < 1.29 is 23.9 Å². The summed E-state index contributed by atoms with van der Waals surface area (Å²) in [7, 11) is 0. The fraction of sp³-hybridized carbons (Fsp3) is 0.375. The van der Waals surface area contributed by atoms with Gasteiger partial charge < -0.3 is 9.84 Å². The van der Waals surface area contributed by atoms with E-state index in [4.69, 9.17) is 5.11 Å². The van der Waals surface area contributed by atoms with Crippen LogP contribution in [0.2, 0.25) is 0 Å². The Morgan fingerprint density at radius 3 is 2.86 bits per heavy atom. The molecule has 1 aliphatic rings. The van der Waals surface area contributed by atoms with Crippen LogP contribution in [0.15, 0.2) is 17.6 Å². The van der Waals surface area contributed by atoms with E-state index in [1.807, 2.05) is 0 Å². The minimum absolute atomic E-state index is 0.0000463. The third-order valence-electron chi connectivity index (χ3n) is 1.85. The molecule has 1 atom stereocenters. The molecule has 6 heteroatoms. The Bertz CT molecular complexity index is 300. The lowest BCUT2D eigenvalue weighted by Crippen LogP contribution is -2.54. The van der Waals surface area contributed by atoms with E-state index in [9.17, 15) is 9.59 Å². The number of rotatable bonds is 2. The summed E-state index contributed by atoms with van der Waals surface area (Å²) in [4.78, 5) is 26.0. The Morgan fingerprint density at radius 2 is 2.43 bits per heavy atom. The van der Waals surface area contributed by atoms with Gasteiger partial charge in [-0.05, 0) is 0 Å². The molecule has 0 aromatic rings. The Kier molecular flexibility index (Phi) is 2.98. The normalized spacial score (nSPS) is 24.6. The summed E-state index contributed by atoms with van der Waals surface area (Å²) in [5.41, 5.74) is 0. The van der Waals surface area contributed by atoms with Crippen LogP contribution in [-0.2, 0) is 4.74 Å². The van der Waals surface area contributed by atoms with Crippen molar-refractivity contribution in [1.82, 2.24) is 0 Å². The fourth-order valence-corrected chi connectivity index (χ4v) is 1.08. The van der Waals surface area contributed by atoms with Crippen LogP contribution in [0.1, 0.15) is 0 Å². The zero-order valence-electron chi connectivity index (χ0n) is 7.55. The average molecular weight is 199 g/mol. The predicted molar refractivity (Wildman–Crippen MR) is 48.1 cm³/mol. The van der Waals surface area contributed by atoms with Gasteiger partial charge in [0.25, 0.3) is 0 Å². The Labute approximate surface area is 80.7 Å². The molecule has 0 saturated carbocycles. The monoisotopic (exact) mass is 199 g/mol. The van der Waals surface area contributed by atoms with Crippen LogP contribution in [0.3, 0.4) is 0 Å². The molecule has 0 aromatic carbocycles. The first-order chi connectivity index (χ1) is 6.63. The molecule has 1 N–H and O–H groups in total. The van der Waals surface area contributed by atoms with Crippen LogP contribution in [0.25, 0.3) is 0 Å². The summed E-state index contributed by atoms with van der Waals surface area (Å²) in [5.74, 6) is 0. The Hall–Kier alpha value is -1.69. The van der Waals surface area contributed by atoms with Gasteiger partial charge in [-0.25, -0.2) is 4.99 Å². The summed E-state index contributed by atoms with van der Waals surface area (Å²) < 4.78 is 3.80. The summed E-state index contributed by atoms with van der Waals surface area (Å²) in [5, 5.41) is 8.89. The molecule has 1 heterocycles. The smallest absolute Gasteiger partial charge is 0.435 e. The van der Waals surface area contributed by atoms with E-state index in [0.717, 1.165) is 6.34 Å². The van der Waals surface area contributed by atoms with E-state index < -0.39 is 16.7 Å². The maximum Gasteiger partial charge on any atom is 0.533 e. The minimum Gasteiger partial charge on any atom is -0.435 e. The Balaban J connectivity index is 2.78. The molecular weight excluding hydrogens is 188 g/mol. The van der Waals surface area contributed by atoms with Gasteiger partial charge in [-0.2, -0.15) is 9.59 Å². The molecule has 0 spiro atoms. The predicted octanol–water partition coefficient (Wildman–Crippen LogP) is 0.846. The van der Waals surface area contributed by atoms with Crippen LogP contribution >= 0.6 is 0 Å². The molecule has 0 aromatic heterocycles. The van der Waals surface area contributed by atoms with Gasteiger partial charge in [0.15, 0.2) is 0 Å². The molecule has 2 amide bonds. The molecule has 1 unspecified atom stereocenters. The summed E-state index contributed by atoms with van der Waals surface area (Å²) in [6.07, 6.45) is 0.357. The van der Waals surface area contributed by atoms with Crippen molar-refractivity contribution in [3.05, 3.63) is 12.7 Å². The number of carbonyl (C=O) groups excluding carboxylic acids is 1. The van der Waals surface area contributed by atoms with E-state index in [1.165, 1.54) is 6.08 Å². The maximum atomic E-state index is 11.4. The maximum absolute atomic E-state index is 11.4. The van der Waals surface area contributed by atoms with Crippen molar-refractivity contribution in [2.24, 2.45) is 4.99 Å². The van der Waals surface area contributed by atoms with Crippen molar-refractivity contribution in [3.8, 4) is 0 Å². The lowest BCUT2D eigenvalue weighted by Gasteiger charge is -2.18. The number of ether oxygens (including phenoxy) is 1. The van der Waals surface area contributed by atoms with E-state index >= 15 is 0 Å². The number of aliphatic imine (C=N–C) groups is 1. The molecule has 0 aliphatic carbocycles. The number of quaternary nitrogens is 1. The number of carboxylic acid groups (broad SMARTS) is 1. The molecular formula is C8H11N2O4+. The van der Waals surface area contributed by atoms with Crippen molar-refractivity contribution >= 4 is 18.5 Å². The van der Waals surface area contributed by atoms with Gasteiger partial charge in [0, 0.05) is 0 Å². The van der Waals surface area contributed by atoms with Gasteiger partial charge in [-0.3, -0.25) is 0 Å². The molecule has 0 saturated heterocycles. The molecule has 76 valence electrons. The highest BCUT2D eigenvalue weighted by atomic mass is 16.6. The van der Waals surface area contributed by atoms with Crippen molar-refractivity contribution in [2.75, 3.05) is 19.7 Å². The quantitative estimate of drug-likeness (QED) is 0.528. The first-order valence-electron chi connectivity index (χ1n) is 4.04. The molecule has 14 heavy (non-hydrogen) atoms. The number of amides is 2. The standard InChI is InChI=1S/C8H10N2O4/c1-2-5-14-8(13)10(7(11)12)4-3-9-6-10/h2,6H,1,3-5H2/p+1. The van der Waals surface area contributed by atoms with Crippen LogP contribution in [0.5, 0.6) is 0 Å². The molecule has 1 aliphatic heterocycles. The number of nitrogens with zero attached hydrogens (tertiary/aromatic N) is 2. The first-order valence-corrected chi connectivity index (χ1v) is 4.04. The Morgan fingerprint density at radius 1 is 1.71 bits per heavy atom. The third kappa shape index (κ3) is 1.64. The van der Waals surface area contributed by atoms with E-state index in [-0.39, 0.29) is 13.2 Å². The molecule has 0 radical (unpaired) electrons. The van der Waals surface area contributed by atoms with Gasteiger partial charge in [-0.15, -0.1) is 0 Å². The van der Waals surface area contributed by atoms with Crippen LogP contribution in [0, 0.1) is 0 Å². The van der Waals surface area contributed by atoms with Crippen LogP contribution in [-0.4, -0.2) is 47.8 Å². The van der Waals surface area contributed by atoms with E-state index in [0.29, 0.717) is 6.54 Å². The lowest BCUT2D eigenvalue weighted by atomic mass is 10.5. The largest absolute Gasteiger partial charge is 0.533 e. The zero-order chi connectivity index (χ0) is 10.6. The second kappa shape index (κ2) is 4.01. The molecule has 0 fully saturated rings. The van der Waals surface area contributed by atoms with Gasteiger partial charge in [0.05, 0.1) is 6.54 Å². The highest BCUT2D eigenvalue weighted by molar-refractivity contribution is 5.86. The number of carbonyl (C=O) groups is 2. The second-order valence-electron chi connectivity index (χ2n) is 2.76. The van der Waals surface area contributed by atoms with Gasteiger partial charge in [0.1, 0.15) is 13.2 Å². The highest BCUT2D eigenvalue weighted by Crippen LogP contribution is 2.12. The van der Waals surface area contributed by atoms with Crippen LogP contribution in [0.4, 0.5) is 9.59 Å². The van der Waals surface area contributed by atoms with Gasteiger partial charge in [-0.1, -0.05) is 17.1 Å². The van der Waals surface area contributed by atoms with E-state index in [1.54, 1.807) is 0 Å². The molecule has 1 rings (SSSR count). The highest BCUT2D eigenvalue weighted by Gasteiger charge is 2.48. The van der Waals surface area contributed by atoms with Gasteiger partial charge in [0.2, 0.25) is 6.34 Å². The van der Waals surface area contributed by atoms with Crippen LogP contribution < -0.4 is 0 Å². The average Bonchev–Trinajstić information content (AvgIpc) is 2.63. The number of hydrogen-bond donors (Lipinski definition) is 1. The van der Waals surface area contributed by atoms with Gasteiger partial charge >= 0.3 is 12.2 Å². The van der Waals surface area contributed by atoms with Crippen molar-refractivity contribution in [2.45, 2.75) is 0 Å². The van der Waals surface area contributed by atoms with E-state index in [2.05, 4.69) is 16.3 Å².